The number of amides is 3. The fourth-order valence-electron chi connectivity index (χ4n) is 2.92. The van der Waals surface area contributed by atoms with Crippen LogP contribution in [0.25, 0.3) is 6.08 Å². The maximum Gasteiger partial charge on any atom is 0.321 e. The second-order valence-electron chi connectivity index (χ2n) is 6.49. The smallest absolute Gasteiger partial charge is 0.321 e. The number of rotatable bonds is 3. The Hall–Kier alpha value is -2.50. The van der Waals surface area contributed by atoms with Crippen molar-refractivity contribution in [3.63, 3.8) is 0 Å². The number of carbonyl (C=O) groups is 2. The maximum atomic E-state index is 12.5. The summed E-state index contributed by atoms with van der Waals surface area (Å²) in [7, 11) is 0. The van der Waals surface area contributed by atoms with E-state index in [2.05, 4.69) is 5.32 Å². The van der Waals surface area contributed by atoms with E-state index in [9.17, 15) is 9.59 Å². The number of nitrogens with zero attached hydrogens (tertiary/aromatic N) is 2. The molecule has 146 valence electrons. The van der Waals surface area contributed by atoms with Gasteiger partial charge in [-0.1, -0.05) is 35.3 Å². The molecule has 5 nitrogen and oxygen atoms in total. The van der Waals surface area contributed by atoms with Crippen molar-refractivity contribution in [2.75, 3.05) is 31.5 Å². The van der Waals surface area contributed by atoms with Crippen molar-refractivity contribution in [3.05, 3.63) is 70.2 Å². The zero-order chi connectivity index (χ0) is 19.9. The molecule has 28 heavy (non-hydrogen) atoms. The minimum atomic E-state index is -0.173. The molecule has 3 rings (SSSR count). The normalized spacial score (nSPS) is 14.8. The first-order chi connectivity index (χ1) is 13.5. The summed E-state index contributed by atoms with van der Waals surface area (Å²) in [5.74, 6) is -0.0603. The minimum Gasteiger partial charge on any atom is -0.337 e. The Morgan fingerprint density at radius 3 is 2.07 bits per heavy atom. The van der Waals surface area contributed by atoms with Gasteiger partial charge in [0.1, 0.15) is 0 Å². The Labute approximate surface area is 174 Å². The molecule has 0 spiro atoms. The predicted octanol–water partition coefficient (Wildman–Crippen LogP) is 4.77. The van der Waals surface area contributed by atoms with Crippen molar-refractivity contribution < 1.29 is 9.59 Å². The van der Waals surface area contributed by atoms with Gasteiger partial charge in [-0.2, -0.15) is 0 Å². The molecule has 0 radical (unpaired) electrons. The van der Waals surface area contributed by atoms with Gasteiger partial charge < -0.3 is 15.1 Å². The van der Waals surface area contributed by atoms with Crippen molar-refractivity contribution in [1.82, 2.24) is 9.80 Å². The molecule has 0 aromatic heterocycles. The lowest BCUT2D eigenvalue weighted by atomic mass is 10.2. The van der Waals surface area contributed by atoms with Gasteiger partial charge in [-0.25, -0.2) is 4.79 Å². The second kappa shape index (κ2) is 9.62. The first-order valence-electron chi connectivity index (χ1n) is 9.05. The molecule has 3 amide bonds. The monoisotopic (exact) mass is 417 g/mol. The Kier molecular flexibility index (Phi) is 6.95. The highest BCUT2D eigenvalue weighted by Crippen LogP contribution is 2.15. The standard InChI is InChI=1S/C21H21Cl2N3O2/c22-17-5-2-16(3-6-17)4-11-20(27)25-12-1-13-26(15-14-25)21(28)24-19-9-7-18(23)8-10-19/h2-11H,1,12-15H2,(H,24,28)/b11-4+. The van der Waals surface area contributed by atoms with Crippen LogP contribution in [0.3, 0.4) is 0 Å². The molecule has 1 aliphatic rings. The molecule has 1 fully saturated rings. The average Bonchev–Trinajstić information content (AvgIpc) is 2.95. The van der Waals surface area contributed by atoms with E-state index in [0.29, 0.717) is 41.9 Å². The first-order valence-corrected chi connectivity index (χ1v) is 9.81. The molecule has 0 aliphatic carbocycles. The summed E-state index contributed by atoms with van der Waals surface area (Å²) in [6.45, 7) is 2.20. The van der Waals surface area contributed by atoms with E-state index in [1.165, 1.54) is 0 Å². The Bertz CT molecular complexity index is 851. The van der Waals surface area contributed by atoms with Crippen LogP contribution >= 0.6 is 23.2 Å². The van der Waals surface area contributed by atoms with Crippen LogP contribution in [0, 0.1) is 0 Å². The highest BCUT2D eigenvalue weighted by Gasteiger charge is 2.21. The molecule has 0 atom stereocenters. The van der Waals surface area contributed by atoms with Crippen LogP contribution in [-0.4, -0.2) is 47.9 Å². The highest BCUT2D eigenvalue weighted by molar-refractivity contribution is 6.30. The van der Waals surface area contributed by atoms with E-state index in [0.717, 1.165) is 12.0 Å². The number of urea groups is 1. The van der Waals surface area contributed by atoms with Gasteiger partial charge in [0, 0.05) is 48.0 Å². The molecule has 1 saturated heterocycles. The fourth-order valence-corrected chi connectivity index (χ4v) is 3.18. The van der Waals surface area contributed by atoms with Crippen LogP contribution in [-0.2, 0) is 4.79 Å². The number of anilines is 1. The van der Waals surface area contributed by atoms with Crippen molar-refractivity contribution in [3.8, 4) is 0 Å². The van der Waals surface area contributed by atoms with Gasteiger partial charge >= 0.3 is 6.03 Å². The Morgan fingerprint density at radius 2 is 1.39 bits per heavy atom. The fraction of sp³-hybridized carbons (Fsp3) is 0.238. The summed E-state index contributed by atoms with van der Waals surface area (Å²) >= 11 is 11.7. The largest absolute Gasteiger partial charge is 0.337 e. The van der Waals surface area contributed by atoms with Crippen molar-refractivity contribution in [1.29, 1.82) is 0 Å². The third kappa shape index (κ3) is 5.75. The lowest BCUT2D eigenvalue weighted by Gasteiger charge is -2.22. The molecule has 1 heterocycles. The summed E-state index contributed by atoms with van der Waals surface area (Å²) in [6.07, 6.45) is 4.07. The molecule has 7 heteroatoms. The van der Waals surface area contributed by atoms with Crippen LogP contribution in [0.15, 0.2) is 54.6 Å². The van der Waals surface area contributed by atoms with Gasteiger partial charge in [0.15, 0.2) is 0 Å². The molecule has 1 aliphatic heterocycles. The van der Waals surface area contributed by atoms with E-state index >= 15 is 0 Å². The van der Waals surface area contributed by atoms with Gasteiger partial charge in [0.05, 0.1) is 0 Å². The van der Waals surface area contributed by atoms with Crippen molar-refractivity contribution >= 4 is 46.9 Å². The summed E-state index contributed by atoms with van der Waals surface area (Å²) in [5.41, 5.74) is 1.61. The molecular weight excluding hydrogens is 397 g/mol. The Balaban J connectivity index is 1.53. The van der Waals surface area contributed by atoms with Crippen LogP contribution in [0.5, 0.6) is 0 Å². The number of halogens is 2. The molecule has 0 saturated carbocycles. The number of hydrogen-bond donors (Lipinski definition) is 1. The molecular formula is C21H21Cl2N3O2. The van der Waals surface area contributed by atoms with Crippen molar-refractivity contribution in [2.24, 2.45) is 0 Å². The third-order valence-corrected chi connectivity index (χ3v) is 4.98. The van der Waals surface area contributed by atoms with Crippen LogP contribution in [0.4, 0.5) is 10.5 Å². The third-order valence-electron chi connectivity index (χ3n) is 4.48. The summed E-state index contributed by atoms with van der Waals surface area (Å²) in [4.78, 5) is 28.4. The number of nitrogens with one attached hydrogen (secondary N) is 1. The van der Waals surface area contributed by atoms with E-state index in [1.807, 2.05) is 12.1 Å². The minimum absolute atomic E-state index is 0.0603. The highest BCUT2D eigenvalue weighted by atomic mass is 35.5. The molecule has 0 bridgehead atoms. The molecule has 2 aromatic rings. The number of carbonyl (C=O) groups excluding carboxylic acids is 2. The van der Waals surface area contributed by atoms with Crippen LogP contribution in [0.2, 0.25) is 10.0 Å². The molecule has 2 aromatic carbocycles. The van der Waals surface area contributed by atoms with Gasteiger partial charge in [-0.15, -0.1) is 0 Å². The Morgan fingerprint density at radius 1 is 0.821 bits per heavy atom. The average molecular weight is 418 g/mol. The quantitative estimate of drug-likeness (QED) is 0.730. The van der Waals surface area contributed by atoms with E-state index in [-0.39, 0.29) is 11.9 Å². The lowest BCUT2D eigenvalue weighted by molar-refractivity contribution is -0.125. The number of hydrogen-bond acceptors (Lipinski definition) is 2. The number of benzene rings is 2. The van der Waals surface area contributed by atoms with Gasteiger partial charge in [-0.05, 0) is 54.5 Å². The predicted molar refractivity (Wildman–Crippen MR) is 114 cm³/mol. The zero-order valence-corrected chi connectivity index (χ0v) is 16.8. The second-order valence-corrected chi connectivity index (χ2v) is 7.36. The topological polar surface area (TPSA) is 52.7 Å². The SMILES string of the molecule is O=C(/C=C/c1ccc(Cl)cc1)N1CCCN(C(=O)Nc2ccc(Cl)cc2)CC1. The molecule has 1 N–H and O–H groups in total. The van der Waals surface area contributed by atoms with Crippen LogP contribution < -0.4 is 5.32 Å². The van der Waals surface area contributed by atoms with Crippen LogP contribution in [0.1, 0.15) is 12.0 Å². The van der Waals surface area contributed by atoms with E-state index < -0.39 is 0 Å². The van der Waals surface area contributed by atoms with Crippen molar-refractivity contribution in [2.45, 2.75) is 6.42 Å². The summed E-state index contributed by atoms with van der Waals surface area (Å²) < 4.78 is 0. The van der Waals surface area contributed by atoms with Gasteiger partial charge in [0.25, 0.3) is 0 Å². The zero-order valence-electron chi connectivity index (χ0n) is 15.3. The molecule has 0 unspecified atom stereocenters. The van der Waals surface area contributed by atoms with E-state index in [1.54, 1.807) is 58.4 Å². The maximum absolute atomic E-state index is 12.5. The van der Waals surface area contributed by atoms with Gasteiger partial charge in [0.2, 0.25) is 5.91 Å². The summed E-state index contributed by atoms with van der Waals surface area (Å²) in [5, 5.41) is 4.14. The van der Waals surface area contributed by atoms with E-state index in [4.69, 9.17) is 23.2 Å². The lowest BCUT2D eigenvalue weighted by Crippen LogP contribution is -2.39. The first kappa shape index (κ1) is 20.2. The van der Waals surface area contributed by atoms with Gasteiger partial charge in [-0.3, -0.25) is 4.79 Å². The summed E-state index contributed by atoms with van der Waals surface area (Å²) in [6, 6.07) is 14.1.